The number of carbonyl (C=O) groups excluding carboxylic acids is 1. The van der Waals surface area contributed by atoms with E-state index in [9.17, 15) is 4.79 Å². The number of hydrogen-bond donors (Lipinski definition) is 1. The molecule has 1 aliphatic rings. The van der Waals surface area contributed by atoms with Crippen molar-refractivity contribution < 1.29 is 4.79 Å². The topological polar surface area (TPSA) is 32.3 Å². The lowest BCUT2D eigenvalue weighted by molar-refractivity contribution is 0.249. The van der Waals surface area contributed by atoms with Crippen molar-refractivity contribution in [3.8, 4) is 0 Å². The van der Waals surface area contributed by atoms with Crippen LogP contribution in [0.3, 0.4) is 0 Å². The van der Waals surface area contributed by atoms with E-state index in [0.717, 1.165) is 5.69 Å². The van der Waals surface area contributed by atoms with Gasteiger partial charge >= 0.3 is 6.03 Å². The van der Waals surface area contributed by atoms with E-state index in [1.54, 1.807) is 11.1 Å². The number of nitrogens with zero attached hydrogens (tertiary/aromatic N) is 1. The molecule has 0 heterocycles. The number of para-hydroxylation sites is 1. The number of nitrogens with one attached hydrogen (secondary N) is 1. The van der Waals surface area contributed by atoms with Crippen LogP contribution in [0.2, 0.25) is 0 Å². The maximum absolute atomic E-state index is 11.9. The zero-order chi connectivity index (χ0) is 12.1. The van der Waals surface area contributed by atoms with Crippen molar-refractivity contribution in [3.05, 3.63) is 42.6 Å². The third-order valence-corrected chi connectivity index (χ3v) is 2.83. The number of amides is 2. The number of allylic oxidation sites excluding steroid dienone is 1. The minimum atomic E-state index is -0.0735. The molecule has 0 atom stereocenters. The van der Waals surface area contributed by atoms with Crippen molar-refractivity contribution in [3.63, 3.8) is 0 Å². The molecule has 3 heteroatoms. The molecule has 2 rings (SSSR count). The Bertz CT molecular complexity index is 396. The van der Waals surface area contributed by atoms with Crippen molar-refractivity contribution in [2.75, 3.05) is 11.4 Å². The van der Waals surface area contributed by atoms with Gasteiger partial charge in [0.05, 0.1) is 0 Å². The van der Waals surface area contributed by atoms with E-state index in [1.165, 1.54) is 12.8 Å². The van der Waals surface area contributed by atoms with Crippen molar-refractivity contribution in [2.45, 2.75) is 19.8 Å². The van der Waals surface area contributed by atoms with Gasteiger partial charge in [-0.25, -0.2) is 4.79 Å². The quantitative estimate of drug-likeness (QED) is 0.846. The molecule has 1 N–H and O–H groups in total. The summed E-state index contributed by atoms with van der Waals surface area (Å²) in [5.41, 5.74) is 0.923. The van der Waals surface area contributed by atoms with Gasteiger partial charge in [0, 0.05) is 18.4 Å². The van der Waals surface area contributed by atoms with Gasteiger partial charge in [-0.2, -0.15) is 0 Å². The van der Waals surface area contributed by atoms with Gasteiger partial charge in [0.1, 0.15) is 0 Å². The number of urea groups is 1. The average molecular weight is 230 g/mol. The summed E-state index contributed by atoms with van der Waals surface area (Å²) in [4.78, 5) is 13.7. The molecule has 1 fully saturated rings. The second-order valence-electron chi connectivity index (χ2n) is 4.23. The van der Waals surface area contributed by atoms with Gasteiger partial charge in [-0.15, -0.1) is 0 Å². The fraction of sp³-hybridized carbons (Fsp3) is 0.357. The van der Waals surface area contributed by atoms with E-state index in [-0.39, 0.29) is 6.03 Å². The van der Waals surface area contributed by atoms with E-state index in [4.69, 9.17) is 0 Å². The first-order valence-corrected chi connectivity index (χ1v) is 6.11. The van der Waals surface area contributed by atoms with Gasteiger partial charge < -0.3 is 5.32 Å². The molecule has 1 aromatic carbocycles. The third kappa shape index (κ3) is 3.34. The fourth-order valence-electron chi connectivity index (χ4n) is 1.67. The average Bonchev–Trinajstić information content (AvgIpc) is 3.15. The second kappa shape index (κ2) is 5.53. The molecule has 1 saturated carbocycles. The normalized spacial score (nSPS) is 14.9. The fourth-order valence-corrected chi connectivity index (χ4v) is 1.67. The highest BCUT2D eigenvalue weighted by Gasteiger charge is 2.17. The molecule has 0 aromatic heterocycles. The van der Waals surface area contributed by atoms with Crippen molar-refractivity contribution in [2.24, 2.45) is 5.92 Å². The van der Waals surface area contributed by atoms with Crippen LogP contribution < -0.4 is 10.2 Å². The van der Waals surface area contributed by atoms with Gasteiger partial charge in [0.25, 0.3) is 0 Å². The third-order valence-electron chi connectivity index (χ3n) is 2.83. The smallest absolute Gasteiger partial charge is 0.315 e. The van der Waals surface area contributed by atoms with E-state index < -0.39 is 0 Å². The predicted octanol–water partition coefficient (Wildman–Crippen LogP) is 3.15. The highest BCUT2D eigenvalue weighted by Crippen LogP contribution is 2.29. The van der Waals surface area contributed by atoms with E-state index in [2.05, 4.69) is 11.4 Å². The molecule has 0 aliphatic heterocycles. The highest BCUT2D eigenvalue weighted by atomic mass is 16.2. The Balaban J connectivity index is 1.95. The molecule has 17 heavy (non-hydrogen) atoms. The Hall–Kier alpha value is -1.77. The molecule has 3 nitrogen and oxygen atoms in total. The largest absolute Gasteiger partial charge is 0.325 e. The summed E-state index contributed by atoms with van der Waals surface area (Å²) in [5.74, 6) is 0.683. The summed E-state index contributed by atoms with van der Waals surface area (Å²) in [7, 11) is 0. The number of anilines is 1. The first-order valence-electron chi connectivity index (χ1n) is 6.11. The molecular weight excluding hydrogens is 212 g/mol. The number of benzene rings is 1. The van der Waals surface area contributed by atoms with Gasteiger partial charge in [-0.1, -0.05) is 24.3 Å². The van der Waals surface area contributed by atoms with E-state index >= 15 is 0 Å². The molecule has 0 radical (unpaired) electrons. The summed E-state index contributed by atoms with van der Waals surface area (Å²) in [6.07, 6.45) is 6.34. The van der Waals surface area contributed by atoms with Crippen LogP contribution >= 0.6 is 0 Å². The van der Waals surface area contributed by atoms with Gasteiger partial charge in [-0.05, 0) is 37.8 Å². The zero-order valence-corrected chi connectivity index (χ0v) is 10.1. The van der Waals surface area contributed by atoms with Crippen LogP contribution in [-0.2, 0) is 0 Å². The van der Waals surface area contributed by atoms with Crippen LogP contribution in [0.4, 0.5) is 10.5 Å². The van der Waals surface area contributed by atoms with Crippen molar-refractivity contribution >= 4 is 11.7 Å². The predicted molar refractivity (Wildman–Crippen MR) is 69.9 cm³/mol. The monoisotopic (exact) mass is 230 g/mol. The van der Waals surface area contributed by atoms with Gasteiger partial charge in [0.2, 0.25) is 0 Å². The van der Waals surface area contributed by atoms with Crippen LogP contribution in [-0.4, -0.2) is 12.6 Å². The van der Waals surface area contributed by atoms with Gasteiger partial charge in [0.15, 0.2) is 0 Å². The van der Waals surface area contributed by atoms with Crippen LogP contribution in [0, 0.1) is 5.92 Å². The second-order valence-corrected chi connectivity index (χ2v) is 4.23. The van der Waals surface area contributed by atoms with Crippen LogP contribution in [0.1, 0.15) is 19.8 Å². The number of carbonyl (C=O) groups is 1. The summed E-state index contributed by atoms with van der Waals surface area (Å²) in [6, 6.07) is 9.62. The molecule has 1 aromatic rings. The summed E-state index contributed by atoms with van der Waals surface area (Å²) in [5, 5.41) is 2.81. The molecular formula is C14H18N2O. The number of rotatable bonds is 4. The van der Waals surface area contributed by atoms with Crippen molar-refractivity contribution in [1.29, 1.82) is 0 Å². The minimum absolute atomic E-state index is 0.0735. The molecule has 2 amide bonds. The minimum Gasteiger partial charge on any atom is -0.315 e. The van der Waals surface area contributed by atoms with Crippen LogP contribution in [0.5, 0.6) is 0 Å². The Morgan fingerprint density at radius 1 is 1.41 bits per heavy atom. The highest BCUT2D eigenvalue weighted by molar-refractivity contribution is 5.92. The van der Waals surface area contributed by atoms with Crippen molar-refractivity contribution in [1.82, 2.24) is 5.32 Å². The zero-order valence-electron chi connectivity index (χ0n) is 10.1. The standard InChI is InChI=1S/C14H18N2O/c1-2-16(13-6-4-3-5-7-13)14(17)15-11-10-12-8-9-12/h3-7,10-12H,2,8-9H2,1H3,(H,15,17)/b11-10+. The molecule has 90 valence electrons. The maximum Gasteiger partial charge on any atom is 0.325 e. The lowest BCUT2D eigenvalue weighted by Gasteiger charge is -2.20. The lowest BCUT2D eigenvalue weighted by atomic mass is 10.3. The Labute approximate surface area is 102 Å². The summed E-state index contributed by atoms with van der Waals surface area (Å²) in [6.45, 7) is 2.63. The summed E-state index contributed by atoms with van der Waals surface area (Å²) >= 11 is 0. The molecule has 0 saturated heterocycles. The van der Waals surface area contributed by atoms with E-state index in [1.807, 2.05) is 37.3 Å². The first-order chi connectivity index (χ1) is 8.31. The molecule has 0 spiro atoms. The number of hydrogen-bond acceptors (Lipinski definition) is 1. The Kier molecular flexibility index (Phi) is 3.81. The molecule has 0 bridgehead atoms. The lowest BCUT2D eigenvalue weighted by Crippen LogP contribution is -2.37. The Morgan fingerprint density at radius 3 is 2.71 bits per heavy atom. The SMILES string of the molecule is CCN(C(=O)N/C=C/C1CC1)c1ccccc1. The summed E-state index contributed by atoms with van der Waals surface area (Å²) < 4.78 is 0. The Morgan fingerprint density at radius 2 is 2.12 bits per heavy atom. The maximum atomic E-state index is 11.9. The van der Waals surface area contributed by atoms with Crippen LogP contribution in [0.15, 0.2) is 42.6 Å². The first kappa shape index (κ1) is 11.7. The van der Waals surface area contributed by atoms with Crippen LogP contribution in [0.25, 0.3) is 0 Å². The molecule has 1 aliphatic carbocycles. The molecule has 0 unspecified atom stereocenters. The van der Waals surface area contributed by atoms with Gasteiger partial charge in [-0.3, -0.25) is 4.90 Å². The van der Waals surface area contributed by atoms with E-state index in [0.29, 0.717) is 12.5 Å².